The summed E-state index contributed by atoms with van der Waals surface area (Å²) in [6.07, 6.45) is 2.56. The lowest BCUT2D eigenvalue weighted by molar-refractivity contribution is -0.120. The summed E-state index contributed by atoms with van der Waals surface area (Å²) in [4.78, 5) is 23.6. The summed E-state index contributed by atoms with van der Waals surface area (Å²) in [5.74, 6) is 1.45. The minimum atomic E-state index is -0.128. The number of nitrogens with one attached hydrogen (secondary N) is 1. The molecule has 0 radical (unpaired) electrons. The summed E-state index contributed by atoms with van der Waals surface area (Å²) in [5, 5.41) is 7.75. The summed E-state index contributed by atoms with van der Waals surface area (Å²) in [5.41, 5.74) is 2.24. The van der Waals surface area contributed by atoms with Gasteiger partial charge in [-0.15, -0.1) is 0 Å². The van der Waals surface area contributed by atoms with Crippen molar-refractivity contribution >= 4 is 22.7 Å². The van der Waals surface area contributed by atoms with Crippen molar-refractivity contribution in [3.8, 4) is 0 Å². The first-order valence-electron chi connectivity index (χ1n) is 8.88. The number of carbonyl (C=O) groups is 1. The van der Waals surface area contributed by atoms with E-state index in [0.29, 0.717) is 23.6 Å². The first-order valence-corrected chi connectivity index (χ1v) is 8.88. The summed E-state index contributed by atoms with van der Waals surface area (Å²) in [6.45, 7) is 4.31. The SMILES string of the molecule is Cc1cc(N2CCCC2)nc(CNC(=O)Cc2noc3ccccc23)n1. The molecule has 1 aromatic carbocycles. The molecule has 0 atom stereocenters. The molecule has 1 N–H and O–H groups in total. The molecule has 1 saturated heterocycles. The number of amides is 1. The Morgan fingerprint density at radius 3 is 2.88 bits per heavy atom. The van der Waals surface area contributed by atoms with Crippen LogP contribution in [0.5, 0.6) is 0 Å². The number of aromatic nitrogens is 3. The molecule has 0 unspecified atom stereocenters. The Labute approximate surface area is 151 Å². The second-order valence-electron chi connectivity index (χ2n) is 6.56. The van der Waals surface area contributed by atoms with Gasteiger partial charge in [-0.3, -0.25) is 4.79 Å². The lowest BCUT2D eigenvalue weighted by Gasteiger charge is -2.17. The molecule has 26 heavy (non-hydrogen) atoms. The monoisotopic (exact) mass is 351 g/mol. The molecule has 0 bridgehead atoms. The molecule has 1 fully saturated rings. The maximum absolute atomic E-state index is 12.3. The Morgan fingerprint density at radius 2 is 2.04 bits per heavy atom. The molecule has 2 aromatic heterocycles. The lowest BCUT2D eigenvalue weighted by Crippen LogP contribution is -2.27. The van der Waals surface area contributed by atoms with Crippen LogP contribution in [0.2, 0.25) is 0 Å². The minimum absolute atomic E-state index is 0.128. The fraction of sp³-hybridized carbons (Fsp3) is 0.368. The molecule has 3 heterocycles. The number of rotatable bonds is 5. The number of benzene rings is 1. The van der Waals surface area contributed by atoms with Crippen LogP contribution >= 0.6 is 0 Å². The summed E-state index contributed by atoms with van der Waals surface area (Å²) < 4.78 is 5.24. The van der Waals surface area contributed by atoms with Crippen LogP contribution in [0.3, 0.4) is 0 Å². The van der Waals surface area contributed by atoms with E-state index in [4.69, 9.17) is 4.52 Å². The third kappa shape index (κ3) is 3.51. The number of aryl methyl sites for hydroxylation is 1. The Morgan fingerprint density at radius 1 is 1.23 bits per heavy atom. The van der Waals surface area contributed by atoms with Crippen molar-refractivity contribution in [1.29, 1.82) is 0 Å². The fourth-order valence-corrected chi connectivity index (χ4v) is 3.26. The van der Waals surface area contributed by atoms with E-state index in [1.807, 2.05) is 37.3 Å². The molecule has 1 amide bonds. The molecular weight excluding hydrogens is 330 g/mol. The highest BCUT2D eigenvalue weighted by atomic mass is 16.5. The number of fused-ring (bicyclic) bond motifs is 1. The van der Waals surface area contributed by atoms with Crippen LogP contribution in [0.4, 0.5) is 5.82 Å². The maximum Gasteiger partial charge on any atom is 0.226 e. The predicted octanol–water partition coefficient (Wildman–Crippen LogP) is 2.39. The number of hydrogen-bond acceptors (Lipinski definition) is 6. The Hall–Kier alpha value is -2.96. The van der Waals surface area contributed by atoms with E-state index in [2.05, 4.69) is 25.3 Å². The number of anilines is 1. The van der Waals surface area contributed by atoms with E-state index in [0.717, 1.165) is 30.0 Å². The standard InChI is InChI=1S/C19H21N5O2/c1-13-10-18(24-8-4-5-9-24)22-17(21-13)12-20-19(25)11-15-14-6-2-3-7-16(14)26-23-15/h2-3,6-7,10H,4-5,8-9,11-12H2,1H3,(H,20,25). The molecule has 7 nitrogen and oxygen atoms in total. The van der Waals surface area contributed by atoms with Gasteiger partial charge in [-0.2, -0.15) is 0 Å². The van der Waals surface area contributed by atoms with Gasteiger partial charge < -0.3 is 14.7 Å². The van der Waals surface area contributed by atoms with Crippen molar-refractivity contribution in [1.82, 2.24) is 20.4 Å². The quantitative estimate of drug-likeness (QED) is 0.760. The van der Waals surface area contributed by atoms with Crippen molar-refractivity contribution in [2.75, 3.05) is 18.0 Å². The highest BCUT2D eigenvalue weighted by molar-refractivity contribution is 5.86. The van der Waals surface area contributed by atoms with Crippen LogP contribution in [-0.2, 0) is 17.8 Å². The van der Waals surface area contributed by atoms with Gasteiger partial charge in [-0.05, 0) is 31.9 Å². The third-order valence-electron chi connectivity index (χ3n) is 4.54. The van der Waals surface area contributed by atoms with Crippen LogP contribution < -0.4 is 10.2 Å². The lowest BCUT2D eigenvalue weighted by atomic mass is 10.1. The zero-order chi connectivity index (χ0) is 17.9. The highest BCUT2D eigenvalue weighted by Gasteiger charge is 2.16. The topological polar surface area (TPSA) is 84.2 Å². The minimum Gasteiger partial charge on any atom is -0.357 e. The van der Waals surface area contributed by atoms with Crippen LogP contribution in [0, 0.1) is 6.92 Å². The van der Waals surface area contributed by atoms with Gasteiger partial charge in [-0.1, -0.05) is 17.3 Å². The van der Waals surface area contributed by atoms with Gasteiger partial charge in [0.25, 0.3) is 0 Å². The Kier molecular flexibility index (Phi) is 4.51. The largest absolute Gasteiger partial charge is 0.357 e. The van der Waals surface area contributed by atoms with E-state index in [1.165, 1.54) is 12.8 Å². The zero-order valence-electron chi connectivity index (χ0n) is 14.7. The maximum atomic E-state index is 12.3. The van der Waals surface area contributed by atoms with Crippen molar-refractivity contribution < 1.29 is 9.32 Å². The highest BCUT2D eigenvalue weighted by Crippen LogP contribution is 2.19. The van der Waals surface area contributed by atoms with E-state index in [-0.39, 0.29) is 12.3 Å². The van der Waals surface area contributed by atoms with Crippen molar-refractivity contribution in [2.24, 2.45) is 0 Å². The van der Waals surface area contributed by atoms with Crippen molar-refractivity contribution in [2.45, 2.75) is 32.7 Å². The van der Waals surface area contributed by atoms with E-state index in [9.17, 15) is 4.79 Å². The average molecular weight is 351 g/mol. The summed E-state index contributed by atoms with van der Waals surface area (Å²) in [7, 11) is 0. The van der Waals surface area contributed by atoms with Crippen LogP contribution in [0.1, 0.15) is 30.1 Å². The first kappa shape index (κ1) is 16.5. The summed E-state index contributed by atoms with van der Waals surface area (Å²) in [6, 6.07) is 9.52. The van der Waals surface area contributed by atoms with Gasteiger partial charge in [0.05, 0.1) is 13.0 Å². The van der Waals surface area contributed by atoms with E-state index >= 15 is 0 Å². The number of nitrogens with zero attached hydrogens (tertiary/aromatic N) is 4. The predicted molar refractivity (Wildman–Crippen MR) is 97.8 cm³/mol. The molecule has 4 rings (SSSR count). The van der Waals surface area contributed by atoms with Gasteiger partial charge in [-0.25, -0.2) is 9.97 Å². The van der Waals surface area contributed by atoms with Crippen LogP contribution in [0.25, 0.3) is 11.0 Å². The molecule has 1 aliphatic heterocycles. The third-order valence-corrected chi connectivity index (χ3v) is 4.54. The van der Waals surface area contributed by atoms with E-state index in [1.54, 1.807) is 0 Å². The molecule has 134 valence electrons. The van der Waals surface area contributed by atoms with Gasteiger partial charge in [0.2, 0.25) is 5.91 Å². The molecule has 1 aliphatic rings. The molecule has 0 spiro atoms. The van der Waals surface area contributed by atoms with Gasteiger partial charge in [0, 0.05) is 30.2 Å². The Balaban J connectivity index is 1.41. The first-order chi connectivity index (χ1) is 12.7. The molecule has 0 saturated carbocycles. The number of carbonyl (C=O) groups excluding carboxylic acids is 1. The van der Waals surface area contributed by atoms with Crippen molar-refractivity contribution in [3.63, 3.8) is 0 Å². The molecule has 7 heteroatoms. The fourth-order valence-electron chi connectivity index (χ4n) is 3.26. The second-order valence-corrected chi connectivity index (χ2v) is 6.56. The normalized spacial score (nSPS) is 14.1. The van der Waals surface area contributed by atoms with Crippen LogP contribution in [0.15, 0.2) is 34.9 Å². The molecule has 3 aromatic rings. The van der Waals surface area contributed by atoms with Gasteiger partial charge >= 0.3 is 0 Å². The van der Waals surface area contributed by atoms with Crippen molar-refractivity contribution in [3.05, 3.63) is 47.5 Å². The van der Waals surface area contributed by atoms with Gasteiger partial charge in [0.1, 0.15) is 17.3 Å². The Bertz CT molecular complexity index is 931. The number of hydrogen-bond donors (Lipinski definition) is 1. The number of para-hydroxylation sites is 1. The summed E-state index contributed by atoms with van der Waals surface area (Å²) >= 11 is 0. The van der Waals surface area contributed by atoms with E-state index < -0.39 is 0 Å². The average Bonchev–Trinajstić information content (AvgIpc) is 3.30. The smallest absolute Gasteiger partial charge is 0.226 e. The molecule has 0 aliphatic carbocycles. The second kappa shape index (κ2) is 7.11. The zero-order valence-corrected chi connectivity index (χ0v) is 14.7. The van der Waals surface area contributed by atoms with Crippen LogP contribution in [-0.4, -0.2) is 34.1 Å². The molecular formula is C19H21N5O2. The van der Waals surface area contributed by atoms with Gasteiger partial charge in [0.15, 0.2) is 5.58 Å².